The Morgan fingerprint density at radius 2 is 1.71 bits per heavy atom. The van der Waals surface area contributed by atoms with Gasteiger partial charge in [-0.05, 0) is 32.0 Å². The number of phosphoric acid groups is 3. The van der Waals surface area contributed by atoms with Gasteiger partial charge in [0.25, 0.3) is 5.91 Å². The van der Waals surface area contributed by atoms with Crippen LogP contribution in [-0.2, 0) is 36.3 Å². The normalized spacial score (nSPS) is 20.9. The molecule has 2 amide bonds. The van der Waals surface area contributed by atoms with Crippen LogP contribution in [0.2, 0.25) is 0 Å². The Hall–Kier alpha value is -4.35. The molecule has 0 spiro atoms. The Bertz CT molecular complexity index is 2260. The SMILES string of the molecule is CCN(CC)c1ccc2cc(C(=O)NCCNC(=O)O[C@H]3[C@@H](O)[C@H](n4cnc5c(N)ncnc54)O[C@@H]3COP(=O)(O)OP(=O)(O)OP(=O)(O)O)c(=O)oc2c1. The molecule has 1 aliphatic heterocycles. The lowest BCUT2D eigenvalue weighted by Gasteiger charge is -2.22. The summed E-state index contributed by atoms with van der Waals surface area (Å²) in [4.78, 5) is 89.1. The van der Waals surface area contributed by atoms with Gasteiger partial charge < -0.3 is 59.8 Å². The van der Waals surface area contributed by atoms with E-state index >= 15 is 0 Å². The summed E-state index contributed by atoms with van der Waals surface area (Å²) < 4.78 is 64.7. The maximum absolute atomic E-state index is 12.8. The number of hydrogen-bond acceptors (Lipinski definition) is 18. The third kappa shape index (κ3) is 10.3. The van der Waals surface area contributed by atoms with Crippen LogP contribution in [0.15, 0.2) is 46.1 Å². The number of aliphatic hydroxyl groups is 1. The standard InChI is InChI=1S/C27H35N8O17P3/c1-3-34(4-2)15-6-5-14-9-16(26(38)49-17(14)10-15)24(37)29-7-8-30-27(39)50-21-18(11-47-54(43,44)52-55(45,46)51-53(40,41)42)48-25(20(21)36)35-13-33-19-22(28)31-12-32-23(19)35/h5-6,9-10,12-13,18,20-21,25,36H,3-4,7-8,11H2,1-2H3,(H,29,37)(H,30,39)(H,43,44)(H,45,46)(H2,28,31,32)(H2,40,41,42)/t18-,20-,21-,25-/m1/s1. The highest BCUT2D eigenvalue weighted by atomic mass is 31.3. The van der Waals surface area contributed by atoms with E-state index < -0.39 is 72.2 Å². The van der Waals surface area contributed by atoms with Gasteiger partial charge in [-0.25, -0.2) is 38.2 Å². The summed E-state index contributed by atoms with van der Waals surface area (Å²) in [6, 6.07) is 6.60. The molecule has 1 fully saturated rings. The van der Waals surface area contributed by atoms with Gasteiger partial charge in [0.05, 0.1) is 12.9 Å². The molecule has 25 nitrogen and oxygen atoms in total. The van der Waals surface area contributed by atoms with Crippen molar-refractivity contribution in [2.45, 2.75) is 38.4 Å². The number of hydrogen-bond donors (Lipinski definition) is 8. The minimum absolute atomic E-state index is 0.0364. The van der Waals surface area contributed by atoms with Crippen LogP contribution in [0, 0.1) is 0 Å². The maximum atomic E-state index is 12.8. The molecule has 5 rings (SSSR count). The van der Waals surface area contributed by atoms with E-state index in [0.29, 0.717) is 5.39 Å². The quantitative estimate of drug-likeness (QED) is 0.0432. The summed E-state index contributed by atoms with van der Waals surface area (Å²) in [6.07, 6.45) is -5.63. The van der Waals surface area contributed by atoms with Crippen molar-refractivity contribution in [2.24, 2.45) is 0 Å². The zero-order valence-corrected chi connectivity index (χ0v) is 31.3. The van der Waals surface area contributed by atoms with E-state index in [-0.39, 0.29) is 41.2 Å². The first-order valence-electron chi connectivity index (χ1n) is 15.9. The van der Waals surface area contributed by atoms with Gasteiger partial charge >= 0.3 is 35.2 Å². The smallest absolute Gasteiger partial charge is 0.440 e. The number of ether oxygens (including phenoxy) is 2. The summed E-state index contributed by atoms with van der Waals surface area (Å²) in [7, 11) is -17.2. The minimum atomic E-state index is -5.87. The molecule has 4 aromatic rings. The fourth-order valence-corrected chi connectivity index (χ4v) is 8.43. The van der Waals surface area contributed by atoms with Crippen LogP contribution in [-0.4, -0.2) is 107 Å². The van der Waals surface area contributed by atoms with Crippen molar-refractivity contribution in [3.05, 3.63) is 52.9 Å². The molecule has 28 heteroatoms. The number of benzene rings is 1. The van der Waals surface area contributed by atoms with Crippen LogP contribution in [0.3, 0.4) is 0 Å². The summed E-state index contributed by atoms with van der Waals surface area (Å²) in [5.74, 6) is -0.838. The minimum Gasteiger partial charge on any atom is -0.440 e. The van der Waals surface area contributed by atoms with Crippen molar-refractivity contribution < 1.29 is 75.0 Å². The summed E-state index contributed by atoms with van der Waals surface area (Å²) >= 11 is 0. The Morgan fingerprint density at radius 1 is 1.00 bits per heavy atom. The molecule has 1 aliphatic rings. The average molecular weight is 837 g/mol. The largest absolute Gasteiger partial charge is 0.490 e. The number of anilines is 2. The molecule has 3 aromatic heterocycles. The molecule has 300 valence electrons. The molecule has 0 saturated carbocycles. The van der Waals surface area contributed by atoms with Gasteiger partial charge in [-0.1, -0.05) is 0 Å². The number of alkyl carbamates (subject to hydrolysis) is 1. The second-order valence-electron chi connectivity index (χ2n) is 11.4. The molecule has 6 atom stereocenters. The Morgan fingerprint density at radius 3 is 2.40 bits per heavy atom. The summed E-state index contributed by atoms with van der Waals surface area (Å²) in [6.45, 7) is 3.80. The van der Waals surface area contributed by atoms with Gasteiger partial charge in [-0.2, -0.15) is 8.62 Å². The van der Waals surface area contributed by atoms with Crippen molar-refractivity contribution in [1.29, 1.82) is 0 Å². The lowest BCUT2D eigenvalue weighted by molar-refractivity contribution is -0.0508. The highest BCUT2D eigenvalue weighted by Crippen LogP contribution is 2.66. The van der Waals surface area contributed by atoms with E-state index in [2.05, 4.69) is 43.6 Å². The maximum Gasteiger partial charge on any atom is 0.490 e. The summed E-state index contributed by atoms with van der Waals surface area (Å²) in [5.41, 5.74) is 5.91. The van der Waals surface area contributed by atoms with E-state index in [1.165, 1.54) is 10.6 Å². The van der Waals surface area contributed by atoms with Crippen LogP contribution in [0.4, 0.5) is 16.3 Å². The first kappa shape index (κ1) is 41.8. The number of aromatic nitrogens is 4. The van der Waals surface area contributed by atoms with Crippen LogP contribution < -0.4 is 26.9 Å². The lowest BCUT2D eigenvalue weighted by atomic mass is 10.1. The van der Waals surface area contributed by atoms with Crippen molar-refractivity contribution in [2.75, 3.05) is 43.4 Å². The van der Waals surface area contributed by atoms with Gasteiger partial charge in [-0.15, -0.1) is 0 Å². The van der Waals surface area contributed by atoms with Crippen LogP contribution in [0.1, 0.15) is 30.4 Å². The Labute approximate surface area is 308 Å². The highest BCUT2D eigenvalue weighted by Gasteiger charge is 2.49. The molecule has 0 aliphatic carbocycles. The molecule has 1 aromatic carbocycles. The number of aliphatic hydroxyl groups excluding tert-OH is 1. The zero-order valence-electron chi connectivity index (χ0n) is 28.6. The first-order chi connectivity index (χ1) is 25.8. The number of fused-ring (bicyclic) bond motifs is 2. The number of carbonyl (C=O) groups is 2. The topological polar surface area (TPSA) is 360 Å². The fraction of sp³-hybridized carbons (Fsp3) is 0.407. The molecule has 1 saturated heterocycles. The van der Waals surface area contributed by atoms with Crippen LogP contribution >= 0.6 is 23.5 Å². The predicted octanol–water partition coefficient (Wildman–Crippen LogP) is 0.488. The van der Waals surface area contributed by atoms with E-state index in [9.17, 15) is 43.0 Å². The molecular weight excluding hydrogens is 801 g/mol. The fourth-order valence-electron chi connectivity index (χ4n) is 5.40. The van der Waals surface area contributed by atoms with Crippen molar-refractivity contribution in [3.8, 4) is 0 Å². The number of amides is 2. The third-order valence-electron chi connectivity index (χ3n) is 7.80. The van der Waals surface area contributed by atoms with E-state index in [1.807, 2.05) is 19.9 Å². The molecule has 9 N–H and O–H groups in total. The Kier molecular flexibility index (Phi) is 12.8. The molecular formula is C27H35N8O17P3. The van der Waals surface area contributed by atoms with Crippen LogP contribution in [0.5, 0.6) is 0 Å². The molecule has 2 unspecified atom stereocenters. The monoisotopic (exact) mass is 836 g/mol. The number of nitrogens with one attached hydrogen (secondary N) is 2. The number of imidazole rings is 1. The van der Waals surface area contributed by atoms with E-state index in [1.54, 1.807) is 12.1 Å². The van der Waals surface area contributed by atoms with E-state index in [4.69, 9.17) is 29.4 Å². The number of carbonyl (C=O) groups excluding carboxylic acids is 2. The number of phosphoric ester groups is 1. The lowest BCUT2D eigenvalue weighted by Crippen LogP contribution is -2.42. The van der Waals surface area contributed by atoms with Gasteiger partial charge in [0, 0.05) is 43.3 Å². The first-order valence-corrected chi connectivity index (χ1v) is 20.4. The summed E-state index contributed by atoms with van der Waals surface area (Å²) in [5, 5.41) is 16.5. The Balaban J connectivity index is 1.23. The second-order valence-corrected chi connectivity index (χ2v) is 15.8. The van der Waals surface area contributed by atoms with Crippen LogP contribution in [0.25, 0.3) is 22.1 Å². The second kappa shape index (κ2) is 16.8. The van der Waals surface area contributed by atoms with E-state index in [0.717, 1.165) is 31.4 Å². The van der Waals surface area contributed by atoms with Crippen molar-refractivity contribution in [3.63, 3.8) is 0 Å². The van der Waals surface area contributed by atoms with Gasteiger partial charge in [-0.3, -0.25) is 13.9 Å². The van der Waals surface area contributed by atoms with Crippen molar-refractivity contribution in [1.82, 2.24) is 30.2 Å². The van der Waals surface area contributed by atoms with Gasteiger partial charge in [0.2, 0.25) is 0 Å². The average Bonchev–Trinajstić information content (AvgIpc) is 3.65. The number of nitrogens with zero attached hydrogens (tertiary/aromatic N) is 5. The highest BCUT2D eigenvalue weighted by molar-refractivity contribution is 7.66. The third-order valence-corrected chi connectivity index (χ3v) is 11.6. The number of nitrogens with two attached hydrogens (primary N) is 1. The molecule has 0 bridgehead atoms. The zero-order chi connectivity index (χ0) is 40.3. The predicted molar refractivity (Wildman–Crippen MR) is 186 cm³/mol. The molecule has 0 radical (unpaired) electrons. The van der Waals surface area contributed by atoms with Gasteiger partial charge in [0.15, 0.2) is 23.8 Å². The molecule has 4 heterocycles. The number of rotatable bonds is 16. The molecule has 55 heavy (non-hydrogen) atoms. The van der Waals surface area contributed by atoms with Gasteiger partial charge in [0.1, 0.15) is 35.2 Å². The number of nitrogen functional groups attached to an aromatic ring is 1. The van der Waals surface area contributed by atoms with Crippen molar-refractivity contribution >= 4 is 69.1 Å².